The summed E-state index contributed by atoms with van der Waals surface area (Å²) in [4.78, 5) is 18.2. The van der Waals surface area contributed by atoms with Crippen LogP contribution in [-0.4, -0.2) is 61.1 Å². The standard InChI is InChI=1S/C30H31ClN2O5/c31-21-5-7-26-20(15-21)17-38-30(26)9-13-33(14-10-30)12-2-4-23-24-3-1-11-32-27(24)18-37-28-8-6-22(16-25(23)28)36-19-29(34)35/h1,3-8,11,15-16,24,27H,2,9-10,12-14,17-19H2,(H,34,35)/b23-4+. The Kier molecular flexibility index (Phi) is 6.99. The molecule has 4 aliphatic rings. The number of carbonyl (C=O) groups is 1. The lowest BCUT2D eigenvalue weighted by molar-refractivity contribution is -0.139. The van der Waals surface area contributed by atoms with Crippen LogP contribution in [0.5, 0.6) is 11.5 Å². The average molecular weight is 535 g/mol. The Morgan fingerprint density at radius 1 is 1.24 bits per heavy atom. The average Bonchev–Trinajstić information content (AvgIpc) is 3.18. The Balaban J connectivity index is 1.17. The van der Waals surface area contributed by atoms with Gasteiger partial charge >= 0.3 is 5.97 Å². The molecule has 2 aromatic rings. The Bertz CT molecular complexity index is 1310. The number of carboxylic acids is 1. The molecule has 4 aliphatic heterocycles. The number of ether oxygens (including phenoxy) is 3. The minimum Gasteiger partial charge on any atom is -0.491 e. The molecule has 2 atom stereocenters. The number of nitrogens with zero attached hydrogens (tertiary/aromatic N) is 2. The molecule has 0 aliphatic carbocycles. The molecule has 198 valence electrons. The number of halogens is 1. The van der Waals surface area contributed by atoms with Crippen LogP contribution in [0.15, 0.2) is 59.6 Å². The van der Waals surface area contributed by atoms with Crippen molar-refractivity contribution in [2.45, 2.75) is 37.5 Å². The smallest absolute Gasteiger partial charge is 0.341 e. The molecule has 0 bridgehead atoms. The van der Waals surface area contributed by atoms with Crippen molar-refractivity contribution in [2.75, 3.05) is 32.8 Å². The van der Waals surface area contributed by atoms with Gasteiger partial charge in [-0.3, -0.25) is 4.99 Å². The van der Waals surface area contributed by atoms with Gasteiger partial charge in [0.25, 0.3) is 0 Å². The zero-order chi connectivity index (χ0) is 26.1. The van der Waals surface area contributed by atoms with Crippen LogP contribution in [0.3, 0.4) is 0 Å². The largest absolute Gasteiger partial charge is 0.491 e. The first-order valence-electron chi connectivity index (χ1n) is 13.2. The number of allylic oxidation sites excluding steroid dienone is 1. The third-order valence-electron chi connectivity index (χ3n) is 8.03. The molecule has 7 nitrogen and oxygen atoms in total. The maximum atomic E-state index is 11.0. The minimum absolute atomic E-state index is 0.00460. The van der Waals surface area contributed by atoms with E-state index in [0.29, 0.717) is 19.0 Å². The molecule has 0 amide bonds. The monoisotopic (exact) mass is 534 g/mol. The molecule has 2 aromatic carbocycles. The highest BCUT2D eigenvalue weighted by Crippen LogP contribution is 2.45. The van der Waals surface area contributed by atoms with E-state index in [9.17, 15) is 4.79 Å². The van der Waals surface area contributed by atoms with Crippen LogP contribution >= 0.6 is 11.6 Å². The Hall–Kier alpha value is -3.13. The molecular formula is C30H31ClN2O5. The van der Waals surface area contributed by atoms with Crippen molar-refractivity contribution in [3.8, 4) is 11.5 Å². The number of hydrogen-bond donors (Lipinski definition) is 1. The molecule has 6 rings (SSSR count). The maximum absolute atomic E-state index is 11.0. The molecule has 8 heteroatoms. The van der Waals surface area contributed by atoms with E-state index in [0.717, 1.165) is 60.8 Å². The minimum atomic E-state index is -1.00. The number of benzene rings is 2. The lowest BCUT2D eigenvalue weighted by Gasteiger charge is -2.39. The van der Waals surface area contributed by atoms with Gasteiger partial charge in [-0.2, -0.15) is 0 Å². The normalized spacial score (nSPS) is 24.4. The van der Waals surface area contributed by atoms with E-state index >= 15 is 0 Å². The molecule has 0 saturated carbocycles. The quantitative estimate of drug-likeness (QED) is 0.554. The SMILES string of the molecule is O=C(O)COc1ccc2c(c1)/C(=C/CCN1CCC3(CC1)OCc1cc(Cl)ccc13)C1C=CC=NC1CO2. The Morgan fingerprint density at radius 2 is 2.11 bits per heavy atom. The van der Waals surface area contributed by atoms with Crippen LogP contribution in [0.1, 0.15) is 36.0 Å². The molecule has 1 saturated heterocycles. The van der Waals surface area contributed by atoms with Crippen LogP contribution in [0, 0.1) is 5.92 Å². The summed E-state index contributed by atoms with van der Waals surface area (Å²) < 4.78 is 17.9. The van der Waals surface area contributed by atoms with Crippen LogP contribution in [0.25, 0.3) is 5.57 Å². The van der Waals surface area contributed by atoms with E-state index in [2.05, 4.69) is 28.1 Å². The third-order valence-corrected chi connectivity index (χ3v) is 8.26. The molecule has 2 unspecified atom stereocenters. The second-order valence-corrected chi connectivity index (χ2v) is 10.7. The highest BCUT2D eigenvalue weighted by atomic mass is 35.5. The third kappa shape index (κ3) is 4.98. The number of carboxylic acid groups (broad SMARTS) is 1. The number of aliphatic carboxylic acids is 1. The molecule has 0 aromatic heterocycles. The van der Waals surface area contributed by atoms with E-state index in [1.54, 1.807) is 6.07 Å². The van der Waals surface area contributed by atoms with Gasteiger partial charge in [-0.15, -0.1) is 0 Å². The van der Waals surface area contributed by atoms with E-state index < -0.39 is 5.97 Å². The predicted octanol–water partition coefficient (Wildman–Crippen LogP) is 5.12. The van der Waals surface area contributed by atoms with Gasteiger partial charge < -0.3 is 24.2 Å². The van der Waals surface area contributed by atoms with Crippen LogP contribution in [0.2, 0.25) is 5.02 Å². The molecule has 4 heterocycles. The zero-order valence-corrected chi connectivity index (χ0v) is 21.9. The van der Waals surface area contributed by atoms with E-state index in [1.807, 2.05) is 36.6 Å². The van der Waals surface area contributed by atoms with Crippen LogP contribution in [0.4, 0.5) is 0 Å². The van der Waals surface area contributed by atoms with Gasteiger partial charge in [-0.25, -0.2) is 4.79 Å². The van der Waals surface area contributed by atoms with Crippen LogP contribution < -0.4 is 9.47 Å². The van der Waals surface area contributed by atoms with Gasteiger partial charge in [-0.1, -0.05) is 29.8 Å². The van der Waals surface area contributed by atoms with Crippen molar-refractivity contribution >= 4 is 29.4 Å². The van der Waals surface area contributed by atoms with Crippen molar-refractivity contribution in [3.63, 3.8) is 0 Å². The maximum Gasteiger partial charge on any atom is 0.341 e. The summed E-state index contributed by atoms with van der Waals surface area (Å²) in [6.45, 7) is 3.66. The fourth-order valence-electron chi connectivity index (χ4n) is 6.08. The van der Waals surface area contributed by atoms with Crippen LogP contribution in [-0.2, 0) is 21.7 Å². The van der Waals surface area contributed by atoms with Gasteiger partial charge in [0.1, 0.15) is 18.1 Å². The molecule has 1 N–H and O–H groups in total. The first-order valence-corrected chi connectivity index (χ1v) is 13.6. The molecule has 1 spiro atoms. The van der Waals surface area contributed by atoms with Gasteiger partial charge in [-0.05, 0) is 72.4 Å². The topological polar surface area (TPSA) is 80.6 Å². The van der Waals surface area contributed by atoms with Crippen molar-refractivity contribution < 1.29 is 24.1 Å². The zero-order valence-electron chi connectivity index (χ0n) is 21.1. The summed E-state index contributed by atoms with van der Waals surface area (Å²) in [6, 6.07) is 11.7. The van der Waals surface area contributed by atoms with E-state index in [-0.39, 0.29) is 24.2 Å². The Labute approximate surface area is 227 Å². The number of fused-ring (bicyclic) bond motifs is 4. The second kappa shape index (κ2) is 10.6. The summed E-state index contributed by atoms with van der Waals surface area (Å²) in [5, 5.41) is 9.79. The molecule has 38 heavy (non-hydrogen) atoms. The summed E-state index contributed by atoms with van der Waals surface area (Å²) in [7, 11) is 0. The second-order valence-electron chi connectivity index (χ2n) is 10.3. The van der Waals surface area contributed by atoms with Crippen molar-refractivity contribution in [1.82, 2.24) is 4.90 Å². The first-order chi connectivity index (χ1) is 18.5. The summed E-state index contributed by atoms with van der Waals surface area (Å²) >= 11 is 6.20. The summed E-state index contributed by atoms with van der Waals surface area (Å²) in [5.41, 5.74) is 4.42. The van der Waals surface area contributed by atoms with Gasteiger partial charge in [0, 0.05) is 42.4 Å². The van der Waals surface area contributed by atoms with E-state index in [4.69, 9.17) is 30.9 Å². The first kappa shape index (κ1) is 25.2. The van der Waals surface area contributed by atoms with Gasteiger partial charge in [0.2, 0.25) is 0 Å². The Morgan fingerprint density at radius 3 is 2.95 bits per heavy atom. The predicted molar refractivity (Wildman–Crippen MR) is 146 cm³/mol. The lowest BCUT2D eigenvalue weighted by Crippen LogP contribution is -2.42. The molecular weight excluding hydrogens is 504 g/mol. The summed E-state index contributed by atoms with van der Waals surface area (Å²) in [6.07, 6.45) is 11.1. The number of hydrogen-bond acceptors (Lipinski definition) is 6. The van der Waals surface area contributed by atoms with E-state index in [1.165, 1.54) is 11.1 Å². The van der Waals surface area contributed by atoms with Crippen molar-refractivity contribution in [1.29, 1.82) is 0 Å². The number of rotatable bonds is 6. The molecule has 0 radical (unpaired) electrons. The van der Waals surface area contributed by atoms with Gasteiger partial charge in [0.05, 0.1) is 18.2 Å². The highest BCUT2D eigenvalue weighted by Gasteiger charge is 2.42. The van der Waals surface area contributed by atoms with Gasteiger partial charge in [0.15, 0.2) is 6.61 Å². The highest BCUT2D eigenvalue weighted by molar-refractivity contribution is 6.30. The number of aliphatic imine (C=N–C) groups is 1. The number of likely N-dealkylation sites (tertiary alicyclic amines) is 1. The van der Waals surface area contributed by atoms with Crippen molar-refractivity contribution in [3.05, 3.63) is 76.3 Å². The fraction of sp³-hybridized carbons (Fsp3) is 0.400. The van der Waals surface area contributed by atoms with Crippen molar-refractivity contribution in [2.24, 2.45) is 10.9 Å². The summed E-state index contributed by atoms with van der Waals surface area (Å²) in [5.74, 6) is 0.377. The lowest BCUT2D eigenvalue weighted by atomic mass is 9.83. The number of piperidine rings is 1. The number of dihydropyridines is 1. The fourth-order valence-corrected chi connectivity index (χ4v) is 6.27. The molecule has 1 fully saturated rings.